The Balaban J connectivity index is 2.41. The summed E-state index contributed by atoms with van der Waals surface area (Å²) < 4.78 is 2.77. The van der Waals surface area contributed by atoms with E-state index in [1.54, 1.807) is 16.4 Å². The molecule has 0 aliphatic heterocycles. The van der Waals surface area contributed by atoms with Gasteiger partial charge in [0.15, 0.2) is 0 Å². The number of thioether (sulfide) groups is 1. The summed E-state index contributed by atoms with van der Waals surface area (Å²) >= 11 is 5.14. The summed E-state index contributed by atoms with van der Waals surface area (Å²) in [5.41, 5.74) is 7.00. The third-order valence-electron chi connectivity index (χ3n) is 2.12. The standard InChI is InChI=1S/C11H12BrN3S/c1-2-16-10-7-14-15(11(10)13)9-5-3-4-8(12)6-9/h3-7H,2,13H2,1H3. The van der Waals surface area contributed by atoms with Crippen molar-refractivity contribution >= 4 is 33.5 Å². The van der Waals surface area contributed by atoms with Crippen molar-refractivity contribution in [2.45, 2.75) is 11.8 Å². The highest BCUT2D eigenvalue weighted by Crippen LogP contribution is 2.27. The molecule has 0 saturated carbocycles. The molecule has 1 heterocycles. The lowest BCUT2D eigenvalue weighted by Crippen LogP contribution is -2.01. The van der Waals surface area contributed by atoms with E-state index in [0.29, 0.717) is 5.82 Å². The molecule has 0 radical (unpaired) electrons. The van der Waals surface area contributed by atoms with E-state index in [4.69, 9.17) is 5.73 Å². The summed E-state index contributed by atoms with van der Waals surface area (Å²) in [5, 5.41) is 4.30. The monoisotopic (exact) mass is 297 g/mol. The van der Waals surface area contributed by atoms with Crippen LogP contribution in [0.2, 0.25) is 0 Å². The Kier molecular flexibility index (Phi) is 3.56. The van der Waals surface area contributed by atoms with Crippen LogP contribution in [0.15, 0.2) is 39.8 Å². The quantitative estimate of drug-likeness (QED) is 0.884. The van der Waals surface area contributed by atoms with Crippen LogP contribution in [0.25, 0.3) is 5.69 Å². The summed E-state index contributed by atoms with van der Waals surface area (Å²) in [7, 11) is 0. The van der Waals surface area contributed by atoms with Gasteiger partial charge in [0.05, 0.1) is 16.8 Å². The maximum atomic E-state index is 6.04. The second-order valence-corrected chi connectivity index (χ2v) is 5.44. The van der Waals surface area contributed by atoms with Gasteiger partial charge < -0.3 is 5.73 Å². The zero-order valence-electron chi connectivity index (χ0n) is 8.85. The first-order valence-corrected chi connectivity index (χ1v) is 6.72. The van der Waals surface area contributed by atoms with E-state index in [0.717, 1.165) is 20.8 Å². The van der Waals surface area contributed by atoms with E-state index in [-0.39, 0.29) is 0 Å². The number of nitrogen functional groups attached to an aromatic ring is 1. The molecular formula is C11H12BrN3S. The average Bonchev–Trinajstić information content (AvgIpc) is 2.61. The zero-order chi connectivity index (χ0) is 11.5. The highest BCUT2D eigenvalue weighted by molar-refractivity contribution is 9.10. The fraction of sp³-hybridized carbons (Fsp3) is 0.182. The van der Waals surface area contributed by atoms with E-state index in [1.807, 2.05) is 30.5 Å². The maximum absolute atomic E-state index is 6.04. The molecule has 0 aliphatic rings. The van der Waals surface area contributed by atoms with Gasteiger partial charge in [-0.3, -0.25) is 0 Å². The predicted octanol–water partition coefficient (Wildman–Crippen LogP) is 3.33. The van der Waals surface area contributed by atoms with Crippen LogP contribution in [0.1, 0.15) is 6.92 Å². The Hall–Kier alpha value is -0.940. The van der Waals surface area contributed by atoms with E-state index >= 15 is 0 Å². The molecule has 2 aromatic rings. The number of nitrogens with two attached hydrogens (primary N) is 1. The topological polar surface area (TPSA) is 43.8 Å². The van der Waals surface area contributed by atoms with Crippen molar-refractivity contribution in [3.63, 3.8) is 0 Å². The van der Waals surface area contributed by atoms with E-state index < -0.39 is 0 Å². The fourth-order valence-electron chi connectivity index (χ4n) is 1.42. The predicted molar refractivity (Wildman–Crippen MR) is 72.1 cm³/mol. The molecule has 0 atom stereocenters. The molecule has 0 saturated heterocycles. The summed E-state index contributed by atoms with van der Waals surface area (Å²) in [6, 6.07) is 7.91. The minimum absolute atomic E-state index is 0.699. The number of nitrogens with zero attached hydrogens (tertiary/aromatic N) is 2. The van der Waals surface area contributed by atoms with Crippen molar-refractivity contribution < 1.29 is 0 Å². The van der Waals surface area contributed by atoms with Crippen molar-refractivity contribution in [2.24, 2.45) is 0 Å². The molecule has 84 valence electrons. The van der Waals surface area contributed by atoms with Gasteiger partial charge in [-0.2, -0.15) is 5.10 Å². The van der Waals surface area contributed by atoms with Crippen molar-refractivity contribution in [3.05, 3.63) is 34.9 Å². The molecule has 16 heavy (non-hydrogen) atoms. The van der Waals surface area contributed by atoms with Crippen LogP contribution in [-0.2, 0) is 0 Å². The van der Waals surface area contributed by atoms with Gasteiger partial charge in [-0.15, -0.1) is 11.8 Å². The molecule has 3 nitrogen and oxygen atoms in total. The normalized spacial score (nSPS) is 10.6. The molecule has 2 N–H and O–H groups in total. The molecule has 0 amide bonds. The average molecular weight is 298 g/mol. The number of aromatic nitrogens is 2. The zero-order valence-corrected chi connectivity index (χ0v) is 11.3. The van der Waals surface area contributed by atoms with Crippen LogP contribution in [0, 0.1) is 0 Å². The van der Waals surface area contributed by atoms with Gasteiger partial charge in [-0.1, -0.05) is 28.9 Å². The van der Waals surface area contributed by atoms with Crippen LogP contribution in [0.5, 0.6) is 0 Å². The smallest absolute Gasteiger partial charge is 0.140 e. The third-order valence-corrected chi connectivity index (χ3v) is 3.53. The summed E-state index contributed by atoms with van der Waals surface area (Å²) in [6.07, 6.45) is 1.81. The molecule has 0 bridgehead atoms. The van der Waals surface area contributed by atoms with Crippen LogP contribution < -0.4 is 5.73 Å². The van der Waals surface area contributed by atoms with Crippen molar-refractivity contribution in [2.75, 3.05) is 11.5 Å². The molecule has 0 fully saturated rings. The van der Waals surface area contributed by atoms with Crippen molar-refractivity contribution in [1.29, 1.82) is 0 Å². The number of benzene rings is 1. The first kappa shape index (κ1) is 11.5. The lowest BCUT2D eigenvalue weighted by atomic mass is 10.3. The first-order valence-electron chi connectivity index (χ1n) is 4.94. The molecule has 0 aliphatic carbocycles. The van der Waals surface area contributed by atoms with Gasteiger partial charge >= 0.3 is 0 Å². The summed E-state index contributed by atoms with van der Waals surface area (Å²) in [6.45, 7) is 2.10. The Morgan fingerprint density at radius 3 is 3.00 bits per heavy atom. The number of hydrogen-bond acceptors (Lipinski definition) is 3. The van der Waals surface area contributed by atoms with Gasteiger partial charge in [-0.25, -0.2) is 4.68 Å². The fourth-order valence-corrected chi connectivity index (χ4v) is 2.48. The highest BCUT2D eigenvalue weighted by Gasteiger charge is 2.08. The molecule has 2 rings (SSSR count). The number of hydrogen-bond donors (Lipinski definition) is 1. The van der Waals surface area contributed by atoms with Gasteiger partial charge in [0.1, 0.15) is 5.82 Å². The molecular weight excluding hydrogens is 286 g/mol. The van der Waals surface area contributed by atoms with Crippen LogP contribution in [0.4, 0.5) is 5.82 Å². The lowest BCUT2D eigenvalue weighted by molar-refractivity contribution is 0.890. The van der Waals surface area contributed by atoms with Gasteiger partial charge in [0.2, 0.25) is 0 Å². The number of halogens is 1. The summed E-state index contributed by atoms with van der Waals surface area (Å²) in [5.74, 6) is 1.69. The van der Waals surface area contributed by atoms with Crippen LogP contribution in [0.3, 0.4) is 0 Å². The largest absolute Gasteiger partial charge is 0.383 e. The summed E-state index contributed by atoms with van der Waals surface area (Å²) in [4.78, 5) is 1.03. The molecule has 5 heteroatoms. The Morgan fingerprint density at radius 1 is 1.50 bits per heavy atom. The second-order valence-electron chi connectivity index (χ2n) is 3.22. The van der Waals surface area contributed by atoms with Gasteiger partial charge in [0, 0.05) is 4.47 Å². The molecule has 0 unspecified atom stereocenters. The maximum Gasteiger partial charge on any atom is 0.140 e. The van der Waals surface area contributed by atoms with E-state index in [1.165, 1.54) is 0 Å². The van der Waals surface area contributed by atoms with Crippen LogP contribution in [-0.4, -0.2) is 15.5 Å². The van der Waals surface area contributed by atoms with E-state index in [2.05, 4.69) is 28.0 Å². The molecule has 1 aromatic heterocycles. The Labute approximate surface area is 107 Å². The number of rotatable bonds is 3. The molecule has 0 spiro atoms. The van der Waals surface area contributed by atoms with Crippen molar-refractivity contribution in [1.82, 2.24) is 9.78 Å². The SMILES string of the molecule is CCSc1cnn(-c2cccc(Br)c2)c1N. The van der Waals surface area contributed by atoms with E-state index in [9.17, 15) is 0 Å². The Bertz CT molecular complexity index is 496. The lowest BCUT2D eigenvalue weighted by Gasteiger charge is -2.05. The van der Waals surface area contributed by atoms with Crippen molar-refractivity contribution in [3.8, 4) is 5.69 Å². The Morgan fingerprint density at radius 2 is 2.31 bits per heavy atom. The minimum atomic E-state index is 0.699. The minimum Gasteiger partial charge on any atom is -0.383 e. The second kappa shape index (κ2) is 4.93. The third kappa shape index (κ3) is 2.25. The first-order chi connectivity index (χ1) is 7.72. The molecule has 1 aromatic carbocycles. The number of anilines is 1. The highest BCUT2D eigenvalue weighted by atomic mass is 79.9. The van der Waals surface area contributed by atoms with Gasteiger partial charge in [-0.05, 0) is 24.0 Å². The van der Waals surface area contributed by atoms with Crippen LogP contribution >= 0.6 is 27.7 Å². The van der Waals surface area contributed by atoms with Gasteiger partial charge in [0.25, 0.3) is 0 Å².